The molecule has 0 aliphatic rings. The second-order valence-corrected chi connectivity index (χ2v) is 4.86. The number of hydrogen-bond donors (Lipinski definition) is 1. The Labute approximate surface area is 97.6 Å². The summed E-state index contributed by atoms with van der Waals surface area (Å²) in [6.45, 7) is 2.02. The van der Waals surface area contributed by atoms with Crippen LogP contribution in [-0.4, -0.2) is 12.1 Å². The summed E-state index contributed by atoms with van der Waals surface area (Å²) in [5.74, 6) is 0.880. The van der Waals surface area contributed by atoms with Crippen LogP contribution in [0.25, 0.3) is 10.4 Å². The maximum atomic E-state index is 5.32. The summed E-state index contributed by atoms with van der Waals surface area (Å²) in [6.07, 6.45) is 0. The summed E-state index contributed by atoms with van der Waals surface area (Å²) in [6, 6.07) is 7.96. The van der Waals surface area contributed by atoms with Crippen LogP contribution in [0.1, 0.15) is 5.69 Å². The number of nitrogens with one attached hydrogen (secondary N) is 1. The van der Waals surface area contributed by atoms with Crippen molar-refractivity contribution in [1.29, 1.82) is 0 Å². The molecule has 1 aromatic heterocycles. The van der Waals surface area contributed by atoms with Crippen LogP contribution in [0.2, 0.25) is 0 Å². The molecule has 0 saturated carbocycles. The minimum atomic E-state index is 0.799. The van der Waals surface area contributed by atoms with E-state index in [0.717, 1.165) is 25.8 Å². The quantitative estimate of drug-likeness (QED) is 0.804. The Kier molecular flexibility index (Phi) is 2.88. The van der Waals surface area contributed by atoms with Gasteiger partial charge in [0.2, 0.25) is 0 Å². The number of ether oxygens (including phenoxy) is 1. The molecule has 4 heteroatoms. The van der Waals surface area contributed by atoms with Gasteiger partial charge in [-0.15, -0.1) is 11.3 Å². The fourth-order valence-corrected chi connectivity index (χ4v) is 2.77. The Morgan fingerprint density at radius 1 is 1.33 bits per heavy atom. The number of thiazole rings is 1. The Morgan fingerprint density at radius 2 is 2.07 bits per heavy atom. The minimum Gasteiger partial charge on any atom is -0.496 e. The number of para-hydroxylation sites is 1. The van der Waals surface area contributed by atoms with Crippen LogP contribution < -0.4 is 4.74 Å². The van der Waals surface area contributed by atoms with Crippen molar-refractivity contribution in [3.05, 3.63) is 33.9 Å². The lowest BCUT2D eigenvalue weighted by Crippen LogP contribution is -1.86. The molecule has 0 fully saturated rings. The molecular formula is C11H11NOS2. The summed E-state index contributed by atoms with van der Waals surface area (Å²) in [5, 5.41) is 0. The van der Waals surface area contributed by atoms with E-state index < -0.39 is 0 Å². The summed E-state index contributed by atoms with van der Waals surface area (Å²) in [5.41, 5.74) is 2.18. The molecule has 2 aromatic rings. The summed E-state index contributed by atoms with van der Waals surface area (Å²) in [4.78, 5) is 4.29. The van der Waals surface area contributed by atoms with E-state index in [9.17, 15) is 0 Å². The molecule has 0 amide bonds. The van der Waals surface area contributed by atoms with E-state index in [4.69, 9.17) is 17.0 Å². The van der Waals surface area contributed by atoms with Crippen molar-refractivity contribution in [2.24, 2.45) is 0 Å². The van der Waals surface area contributed by atoms with E-state index >= 15 is 0 Å². The van der Waals surface area contributed by atoms with E-state index in [0.29, 0.717) is 0 Å². The second kappa shape index (κ2) is 4.16. The highest BCUT2D eigenvalue weighted by Gasteiger charge is 2.09. The fraction of sp³-hybridized carbons (Fsp3) is 0.182. The molecule has 1 heterocycles. The van der Waals surface area contributed by atoms with Crippen molar-refractivity contribution in [3.8, 4) is 16.2 Å². The Hall–Kier alpha value is -1.13. The van der Waals surface area contributed by atoms with E-state index in [1.54, 1.807) is 18.4 Å². The molecule has 0 spiro atoms. The van der Waals surface area contributed by atoms with Gasteiger partial charge in [0.15, 0.2) is 3.95 Å². The first-order chi connectivity index (χ1) is 7.22. The second-order valence-electron chi connectivity index (χ2n) is 3.17. The third-order valence-corrected chi connectivity index (χ3v) is 3.55. The standard InChI is InChI=1S/C11H11NOS2/c1-7-10(15-11(14)12-7)8-5-3-4-6-9(8)13-2/h3-6H,1-2H3,(H,12,14). The zero-order valence-corrected chi connectivity index (χ0v) is 10.2. The Morgan fingerprint density at radius 3 is 2.67 bits per heavy atom. The van der Waals surface area contributed by atoms with Gasteiger partial charge in [0.1, 0.15) is 5.75 Å². The number of aromatic amines is 1. The number of benzene rings is 1. The number of rotatable bonds is 2. The smallest absolute Gasteiger partial charge is 0.159 e. The molecule has 0 saturated heterocycles. The normalized spacial score (nSPS) is 10.3. The van der Waals surface area contributed by atoms with Gasteiger partial charge in [0.25, 0.3) is 0 Å². The molecule has 0 aliphatic carbocycles. The van der Waals surface area contributed by atoms with Crippen LogP contribution in [0.5, 0.6) is 5.75 Å². The van der Waals surface area contributed by atoms with Crippen molar-refractivity contribution in [3.63, 3.8) is 0 Å². The molecule has 0 unspecified atom stereocenters. The summed E-state index contributed by atoms with van der Waals surface area (Å²) in [7, 11) is 1.68. The van der Waals surface area contributed by atoms with Crippen LogP contribution in [0, 0.1) is 10.9 Å². The van der Waals surface area contributed by atoms with Gasteiger partial charge in [-0.25, -0.2) is 0 Å². The summed E-state index contributed by atoms with van der Waals surface area (Å²) >= 11 is 6.70. The number of hydrogen-bond acceptors (Lipinski definition) is 3. The molecule has 2 rings (SSSR count). The zero-order chi connectivity index (χ0) is 10.8. The Balaban J connectivity index is 2.63. The third-order valence-electron chi connectivity index (χ3n) is 2.18. The highest BCUT2D eigenvalue weighted by Crippen LogP contribution is 2.34. The maximum Gasteiger partial charge on any atom is 0.159 e. The molecule has 1 N–H and O–H groups in total. The molecule has 0 aliphatic heterocycles. The van der Waals surface area contributed by atoms with E-state index in [1.807, 2.05) is 31.2 Å². The number of aryl methyl sites for hydroxylation is 1. The van der Waals surface area contributed by atoms with Crippen molar-refractivity contribution in [2.45, 2.75) is 6.92 Å². The maximum absolute atomic E-state index is 5.32. The van der Waals surface area contributed by atoms with Gasteiger partial charge in [-0.2, -0.15) is 0 Å². The molecule has 0 radical (unpaired) electrons. The van der Waals surface area contributed by atoms with Crippen molar-refractivity contribution in [1.82, 2.24) is 4.98 Å². The van der Waals surface area contributed by atoms with E-state index in [1.165, 1.54) is 0 Å². The zero-order valence-electron chi connectivity index (χ0n) is 8.53. The fourth-order valence-electron chi connectivity index (χ4n) is 1.49. The number of methoxy groups -OCH3 is 1. The third kappa shape index (κ3) is 1.96. The number of H-pyrrole nitrogens is 1. The topological polar surface area (TPSA) is 25.0 Å². The average Bonchev–Trinajstić information content (AvgIpc) is 2.57. The largest absolute Gasteiger partial charge is 0.496 e. The average molecular weight is 237 g/mol. The van der Waals surface area contributed by atoms with Crippen LogP contribution in [-0.2, 0) is 0 Å². The molecule has 0 atom stereocenters. The van der Waals surface area contributed by atoms with Crippen LogP contribution in [0.15, 0.2) is 24.3 Å². The molecule has 15 heavy (non-hydrogen) atoms. The molecule has 1 aromatic carbocycles. The monoisotopic (exact) mass is 237 g/mol. The Bertz CT molecular complexity index is 527. The van der Waals surface area contributed by atoms with Crippen molar-refractivity contribution >= 4 is 23.6 Å². The highest BCUT2D eigenvalue weighted by molar-refractivity contribution is 7.73. The molecule has 0 bridgehead atoms. The lowest BCUT2D eigenvalue weighted by molar-refractivity contribution is 0.416. The first kappa shape index (κ1) is 10.4. The lowest BCUT2D eigenvalue weighted by atomic mass is 10.1. The molecule has 78 valence electrons. The van der Waals surface area contributed by atoms with Gasteiger partial charge in [-0.05, 0) is 31.3 Å². The van der Waals surface area contributed by atoms with Crippen LogP contribution in [0.4, 0.5) is 0 Å². The highest BCUT2D eigenvalue weighted by atomic mass is 32.1. The SMILES string of the molecule is COc1ccccc1-c1sc(=S)[nH]c1C. The van der Waals surface area contributed by atoms with Gasteiger partial charge >= 0.3 is 0 Å². The van der Waals surface area contributed by atoms with Gasteiger partial charge in [0.05, 0.1) is 12.0 Å². The number of aromatic nitrogens is 1. The van der Waals surface area contributed by atoms with Gasteiger partial charge in [-0.1, -0.05) is 12.1 Å². The van der Waals surface area contributed by atoms with E-state index in [2.05, 4.69) is 4.98 Å². The summed E-state index contributed by atoms with van der Waals surface area (Å²) < 4.78 is 6.12. The molecular weight excluding hydrogens is 226 g/mol. The van der Waals surface area contributed by atoms with Gasteiger partial charge in [0, 0.05) is 11.3 Å². The van der Waals surface area contributed by atoms with E-state index in [-0.39, 0.29) is 0 Å². The van der Waals surface area contributed by atoms with Crippen LogP contribution in [0.3, 0.4) is 0 Å². The van der Waals surface area contributed by atoms with Gasteiger partial charge < -0.3 is 9.72 Å². The predicted molar refractivity (Wildman–Crippen MR) is 66.2 cm³/mol. The molecule has 2 nitrogen and oxygen atoms in total. The van der Waals surface area contributed by atoms with Crippen LogP contribution >= 0.6 is 23.6 Å². The predicted octanol–water partition coefficient (Wildman–Crippen LogP) is 3.79. The van der Waals surface area contributed by atoms with Crippen molar-refractivity contribution < 1.29 is 4.74 Å². The minimum absolute atomic E-state index is 0.799. The van der Waals surface area contributed by atoms with Gasteiger partial charge in [-0.3, -0.25) is 0 Å². The van der Waals surface area contributed by atoms with Crippen molar-refractivity contribution in [2.75, 3.05) is 7.11 Å². The first-order valence-corrected chi connectivity index (χ1v) is 5.78. The lowest BCUT2D eigenvalue weighted by Gasteiger charge is -2.06. The first-order valence-electron chi connectivity index (χ1n) is 4.55.